The number of carbonyl (C=O) groups is 1. The average Bonchev–Trinajstić information content (AvgIpc) is 2.39. The average molecular weight is 267 g/mol. The lowest BCUT2D eigenvalue weighted by Gasteiger charge is -2.14. The summed E-state index contributed by atoms with van der Waals surface area (Å²) in [5.41, 5.74) is 6.66. The molecule has 1 atom stereocenters. The predicted octanol–water partition coefficient (Wildman–Crippen LogP) is 2.97. The molecule has 2 N–H and O–H groups in total. The second-order valence-corrected chi connectivity index (χ2v) is 5.27. The summed E-state index contributed by atoms with van der Waals surface area (Å²) in [5.74, 6) is -0.118. The molecular weight excluding hydrogens is 246 g/mol. The Kier molecular flexibility index (Phi) is 6.83. The molecule has 0 saturated heterocycles. The minimum Gasteiger partial charge on any atom is -0.465 e. The summed E-state index contributed by atoms with van der Waals surface area (Å²) in [6.45, 7) is 4.89. The van der Waals surface area contributed by atoms with Crippen LogP contribution < -0.4 is 5.73 Å². The van der Waals surface area contributed by atoms with Crippen LogP contribution in [0.25, 0.3) is 0 Å². The zero-order valence-corrected chi connectivity index (χ0v) is 11.8. The standard InChI is InChI=1S/C14H21NO2S/c1-3-5-13(14(16)17-4-2)18-12-8-6-11(10-15)7-9-12/h6-9,13H,3-5,10,15H2,1-2H3. The predicted molar refractivity (Wildman–Crippen MR) is 75.5 cm³/mol. The smallest absolute Gasteiger partial charge is 0.319 e. The van der Waals surface area contributed by atoms with Gasteiger partial charge in [0.15, 0.2) is 0 Å². The molecule has 0 fully saturated rings. The van der Waals surface area contributed by atoms with E-state index in [0.717, 1.165) is 23.3 Å². The molecule has 0 bridgehead atoms. The van der Waals surface area contributed by atoms with Gasteiger partial charge in [0.2, 0.25) is 0 Å². The molecule has 3 nitrogen and oxygen atoms in total. The fourth-order valence-electron chi connectivity index (χ4n) is 1.59. The number of thioether (sulfide) groups is 1. The Hall–Kier alpha value is -1.00. The van der Waals surface area contributed by atoms with Gasteiger partial charge in [-0.3, -0.25) is 4.79 Å². The first-order valence-corrected chi connectivity index (χ1v) is 7.21. The summed E-state index contributed by atoms with van der Waals surface area (Å²) in [6.07, 6.45) is 1.81. The van der Waals surface area contributed by atoms with Crippen LogP contribution in [0.3, 0.4) is 0 Å². The molecule has 0 amide bonds. The lowest BCUT2D eigenvalue weighted by atomic mass is 10.2. The van der Waals surface area contributed by atoms with E-state index in [1.165, 1.54) is 0 Å². The highest BCUT2D eigenvalue weighted by molar-refractivity contribution is 8.00. The van der Waals surface area contributed by atoms with E-state index in [4.69, 9.17) is 10.5 Å². The maximum Gasteiger partial charge on any atom is 0.319 e. The van der Waals surface area contributed by atoms with E-state index in [1.807, 2.05) is 31.2 Å². The highest BCUT2D eigenvalue weighted by Gasteiger charge is 2.19. The Morgan fingerprint density at radius 2 is 2.00 bits per heavy atom. The Bertz CT molecular complexity index is 365. The van der Waals surface area contributed by atoms with E-state index < -0.39 is 0 Å². The Labute approximate surface area is 113 Å². The molecule has 0 aliphatic carbocycles. The highest BCUT2D eigenvalue weighted by Crippen LogP contribution is 2.27. The Morgan fingerprint density at radius 1 is 1.33 bits per heavy atom. The Morgan fingerprint density at radius 3 is 2.50 bits per heavy atom. The zero-order valence-electron chi connectivity index (χ0n) is 11.0. The summed E-state index contributed by atoms with van der Waals surface area (Å²) in [5, 5.41) is -0.112. The van der Waals surface area contributed by atoms with Gasteiger partial charge < -0.3 is 10.5 Å². The van der Waals surface area contributed by atoms with Crippen LogP contribution in [0.2, 0.25) is 0 Å². The normalized spacial score (nSPS) is 12.2. The lowest BCUT2D eigenvalue weighted by Crippen LogP contribution is -2.20. The van der Waals surface area contributed by atoms with E-state index in [2.05, 4.69) is 6.92 Å². The summed E-state index contributed by atoms with van der Waals surface area (Å²) in [7, 11) is 0. The van der Waals surface area contributed by atoms with Crippen LogP contribution >= 0.6 is 11.8 Å². The van der Waals surface area contributed by atoms with E-state index >= 15 is 0 Å². The van der Waals surface area contributed by atoms with Crippen LogP contribution in [-0.2, 0) is 16.1 Å². The second-order valence-electron chi connectivity index (χ2n) is 4.00. The molecule has 100 valence electrons. The lowest BCUT2D eigenvalue weighted by molar-refractivity contribution is -0.142. The molecule has 4 heteroatoms. The molecule has 18 heavy (non-hydrogen) atoms. The van der Waals surface area contributed by atoms with Crippen LogP contribution in [0.4, 0.5) is 0 Å². The molecule has 0 saturated carbocycles. The van der Waals surface area contributed by atoms with Gasteiger partial charge in [-0.05, 0) is 31.0 Å². The quantitative estimate of drug-likeness (QED) is 0.609. The van der Waals surface area contributed by atoms with Crippen LogP contribution in [0.5, 0.6) is 0 Å². The highest BCUT2D eigenvalue weighted by atomic mass is 32.2. The molecule has 0 aliphatic heterocycles. The maximum atomic E-state index is 11.8. The molecule has 0 radical (unpaired) electrons. The molecule has 1 unspecified atom stereocenters. The second kappa shape index (κ2) is 8.16. The van der Waals surface area contributed by atoms with Crippen molar-refractivity contribution in [3.05, 3.63) is 29.8 Å². The molecule has 1 rings (SSSR count). The monoisotopic (exact) mass is 267 g/mol. The van der Waals surface area contributed by atoms with Crippen molar-refractivity contribution in [2.45, 2.75) is 43.4 Å². The number of ether oxygens (including phenoxy) is 1. The first-order chi connectivity index (χ1) is 8.71. The number of hydrogen-bond acceptors (Lipinski definition) is 4. The van der Waals surface area contributed by atoms with Gasteiger partial charge >= 0.3 is 5.97 Å². The number of rotatable bonds is 7. The number of carbonyl (C=O) groups excluding carboxylic acids is 1. The summed E-state index contributed by atoms with van der Waals surface area (Å²) in [4.78, 5) is 12.9. The third-order valence-corrected chi connectivity index (χ3v) is 3.79. The first-order valence-electron chi connectivity index (χ1n) is 6.33. The summed E-state index contributed by atoms with van der Waals surface area (Å²) in [6, 6.07) is 8.01. The first kappa shape index (κ1) is 15.1. The van der Waals surface area contributed by atoms with Crippen molar-refractivity contribution >= 4 is 17.7 Å². The number of nitrogens with two attached hydrogens (primary N) is 1. The van der Waals surface area contributed by atoms with Gasteiger partial charge in [-0.25, -0.2) is 0 Å². The van der Waals surface area contributed by atoms with Crippen molar-refractivity contribution in [3.63, 3.8) is 0 Å². The Balaban J connectivity index is 2.66. The SMILES string of the molecule is CCCC(Sc1ccc(CN)cc1)C(=O)OCC. The molecule has 0 aromatic heterocycles. The number of esters is 1. The van der Waals surface area contributed by atoms with Crippen molar-refractivity contribution in [1.82, 2.24) is 0 Å². The minimum absolute atomic E-state index is 0.112. The van der Waals surface area contributed by atoms with E-state index in [0.29, 0.717) is 13.2 Å². The van der Waals surface area contributed by atoms with Gasteiger partial charge in [-0.15, -0.1) is 11.8 Å². The zero-order chi connectivity index (χ0) is 13.4. The van der Waals surface area contributed by atoms with E-state index in [-0.39, 0.29) is 11.2 Å². The van der Waals surface area contributed by atoms with Crippen molar-refractivity contribution in [2.24, 2.45) is 5.73 Å². The minimum atomic E-state index is -0.118. The molecule has 1 aromatic carbocycles. The fraction of sp³-hybridized carbons (Fsp3) is 0.500. The topological polar surface area (TPSA) is 52.3 Å². The van der Waals surface area contributed by atoms with Gasteiger partial charge in [0.1, 0.15) is 5.25 Å². The molecular formula is C14H21NO2S. The third-order valence-electron chi connectivity index (χ3n) is 2.54. The molecule has 1 aromatic rings. The molecule has 0 spiro atoms. The van der Waals surface area contributed by atoms with E-state index in [9.17, 15) is 4.79 Å². The number of hydrogen-bond donors (Lipinski definition) is 1. The number of benzene rings is 1. The largest absolute Gasteiger partial charge is 0.465 e. The van der Waals surface area contributed by atoms with Crippen molar-refractivity contribution < 1.29 is 9.53 Å². The van der Waals surface area contributed by atoms with Gasteiger partial charge in [-0.1, -0.05) is 25.5 Å². The molecule has 0 aliphatic rings. The van der Waals surface area contributed by atoms with Crippen molar-refractivity contribution in [2.75, 3.05) is 6.61 Å². The van der Waals surface area contributed by atoms with Gasteiger partial charge in [-0.2, -0.15) is 0 Å². The summed E-state index contributed by atoms with van der Waals surface area (Å²) < 4.78 is 5.09. The van der Waals surface area contributed by atoms with Gasteiger partial charge in [0.25, 0.3) is 0 Å². The van der Waals surface area contributed by atoms with Crippen LogP contribution in [-0.4, -0.2) is 17.8 Å². The van der Waals surface area contributed by atoms with Crippen LogP contribution in [0.1, 0.15) is 32.3 Å². The van der Waals surface area contributed by atoms with E-state index in [1.54, 1.807) is 11.8 Å². The summed E-state index contributed by atoms with van der Waals surface area (Å²) >= 11 is 1.57. The van der Waals surface area contributed by atoms with Crippen LogP contribution in [0, 0.1) is 0 Å². The van der Waals surface area contributed by atoms with Crippen molar-refractivity contribution in [1.29, 1.82) is 0 Å². The maximum absolute atomic E-state index is 11.8. The molecule has 0 heterocycles. The third kappa shape index (κ3) is 4.70. The van der Waals surface area contributed by atoms with Gasteiger partial charge in [0, 0.05) is 11.4 Å². The van der Waals surface area contributed by atoms with Crippen LogP contribution in [0.15, 0.2) is 29.2 Å². The fourth-order valence-corrected chi connectivity index (χ4v) is 2.73. The van der Waals surface area contributed by atoms with Gasteiger partial charge in [0.05, 0.1) is 6.61 Å². The van der Waals surface area contributed by atoms with Crippen molar-refractivity contribution in [3.8, 4) is 0 Å².